The molecule has 2 aromatic rings. The molecule has 84 valence electrons. The van der Waals surface area contributed by atoms with Crippen molar-refractivity contribution in [3.8, 4) is 5.82 Å². The molecule has 2 aromatic heterocycles. The Balaban J connectivity index is 2.39. The first-order valence-electron chi connectivity index (χ1n) is 5.45. The van der Waals surface area contributed by atoms with Gasteiger partial charge in [-0.25, -0.2) is 9.97 Å². The summed E-state index contributed by atoms with van der Waals surface area (Å²) < 4.78 is 1.97. The molecular formula is C13H17N3. The van der Waals surface area contributed by atoms with Crippen molar-refractivity contribution >= 4 is 0 Å². The predicted octanol–water partition coefficient (Wildman–Crippen LogP) is 2.87. The molecule has 0 aliphatic heterocycles. The molecule has 0 amide bonds. The van der Waals surface area contributed by atoms with Gasteiger partial charge < -0.3 is 0 Å². The highest BCUT2D eigenvalue weighted by Crippen LogP contribution is 2.20. The molecule has 0 aromatic carbocycles. The smallest absolute Gasteiger partial charge is 0.138 e. The maximum absolute atomic E-state index is 4.46. The third kappa shape index (κ3) is 2.13. The normalized spacial score (nSPS) is 11.8. The lowest BCUT2D eigenvalue weighted by Gasteiger charge is -2.14. The summed E-state index contributed by atoms with van der Waals surface area (Å²) in [6.45, 7) is 8.46. The molecule has 0 bridgehead atoms. The number of hydrogen-bond acceptors (Lipinski definition) is 2. The fraction of sp³-hybridized carbons (Fsp3) is 0.385. The van der Waals surface area contributed by atoms with E-state index in [-0.39, 0.29) is 5.41 Å². The SMILES string of the molecule is Cc1cccc(-n2cnc(C(C)(C)C)c2)n1. The van der Waals surface area contributed by atoms with E-state index in [0.29, 0.717) is 0 Å². The van der Waals surface area contributed by atoms with Crippen LogP contribution in [0.2, 0.25) is 0 Å². The Morgan fingerprint density at radius 1 is 1.19 bits per heavy atom. The van der Waals surface area contributed by atoms with Gasteiger partial charge in [0.1, 0.15) is 12.1 Å². The van der Waals surface area contributed by atoms with Crippen LogP contribution in [-0.4, -0.2) is 14.5 Å². The monoisotopic (exact) mass is 215 g/mol. The average molecular weight is 215 g/mol. The third-order valence-corrected chi connectivity index (χ3v) is 2.49. The van der Waals surface area contributed by atoms with Crippen molar-refractivity contribution in [2.24, 2.45) is 0 Å². The zero-order chi connectivity index (χ0) is 11.8. The Morgan fingerprint density at radius 3 is 2.50 bits per heavy atom. The molecule has 2 rings (SSSR count). The van der Waals surface area contributed by atoms with Crippen molar-refractivity contribution in [3.05, 3.63) is 42.1 Å². The van der Waals surface area contributed by atoms with Crippen LogP contribution in [0.5, 0.6) is 0 Å². The zero-order valence-electron chi connectivity index (χ0n) is 10.2. The molecule has 0 atom stereocenters. The fourth-order valence-electron chi connectivity index (χ4n) is 1.51. The van der Waals surface area contributed by atoms with Gasteiger partial charge in [-0.1, -0.05) is 26.8 Å². The lowest BCUT2D eigenvalue weighted by Crippen LogP contribution is -2.11. The van der Waals surface area contributed by atoms with Gasteiger partial charge in [0.25, 0.3) is 0 Å². The van der Waals surface area contributed by atoms with Gasteiger partial charge in [-0.2, -0.15) is 0 Å². The largest absolute Gasteiger partial charge is 0.290 e. The molecule has 0 fully saturated rings. The number of aryl methyl sites for hydroxylation is 1. The van der Waals surface area contributed by atoms with Crippen molar-refractivity contribution in [2.75, 3.05) is 0 Å². The minimum absolute atomic E-state index is 0.0784. The topological polar surface area (TPSA) is 30.7 Å². The zero-order valence-corrected chi connectivity index (χ0v) is 10.2. The predicted molar refractivity (Wildman–Crippen MR) is 64.8 cm³/mol. The van der Waals surface area contributed by atoms with E-state index in [2.05, 4.69) is 30.7 Å². The van der Waals surface area contributed by atoms with Gasteiger partial charge in [-0.3, -0.25) is 4.57 Å². The van der Waals surface area contributed by atoms with Crippen LogP contribution in [0.4, 0.5) is 0 Å². The van der Waals surface area contributed by atoms with Gasteiger partial charge >= 0.3 is 0 Å². The molecule has 0 aliphatic rings. The van der Waals surface area contributed by atoms with Crippen LogP contribution in [0, 0.1) is 6.92 Å². The second-order valence-corrected chi connectivity index (χ2v) is 5.05. The fourth-order valence-corrected chi connectivity index (χ4v) is 1.51. The van der Waals surface area contributed by atoms with Crippen LogP contribution in [0.15, 0.2) is 30.7 Å². The van der Waals surface area contributed by atoms with Crippen molar-refractivity contribution in [1.82, 2.24) is 14.5 Å². The molecule has 3 nitrogen and oxygen atoms in total. The summed E-state index contributed by atoms with van der Waals surface area (Å²) in [5.74, 6) is 0.919. The highest BCUT2D eigenvalue weighted by atomic mass is 15.1. The Bertz CT molecular complexity index is 492. The number of imidazole rings is 1. The first-order valence-corrected chi connectivity index (χ1v) is 5.45. The van der Waals surface area contributed by atoms with E-state index in [1.54, 1.807) is 0 Å². The van der Waals surface area contributed by atoms with Crippen molar-refractivity contribution < 1.29 is 0 Å². The number of aromatic nitrogens is 3. The Hall–Kier alpha value is -1.64. The third-order valence-electron chi connectivity index (χ3n) is 2.49. The Morgan fingerprint density at radius 2 is 1.94 bits per heavy atom. The maximum atomic E-state index is 4.46. The Kier molecular flexibility index (Phi) is 2.54. The van der Waals surface area contributed by atoms with Gasteiger partial charge in [0, 0.05) is 17.3 Å². The number of pyridine rings is 1. The molecule has 0 aliphatic carbocycles. The molecule has 0 N–H and O–H groups in total. The van der Waals surface area contributed by atoms with E-state index in [1.807, 2.05) is 42.2 Å². The maximum Gasteiger partial charge on any atom is 0.138 e. The summed E-state index contributed by atoms with van der Waals surface area (Å²) in [5.41, 5.74) is 2.18. The van der Waals surface area contributed by atoms with Crippen LogP contribution < -0.4 is 0 Å². The van der Waals surface area contributed by atoms with Gasteiger partial charge in [-0.05, 0) is 19.1 Å². The standard InChI is InChI=1S/C13H17N3/c1-10-6-5-7-12(15-10)16-8-11(14-9-16)13(2,3)4/h5-9H,1-4H3. The minimum Gasteiger partial charge on any atom is -0.290 e. The molecule has 0 radical (unpaired) electrons. The van der Waals surface area contributed by atoms with E-state index < -0.39 is 0 Å². The number of hydrogen-bond donors (Lipinski definition) is 0. The van der Waals surface area contributed by atoms with E-state index in [0.717, 1.165) is 17.2 Å². The van der Waals surface area contributed by atoms with E-state index in [9.17, 15) is 0 Å². The van der Waals surface area contributed by atoms with E-state index in [1.165, 1.54) is 0 Å². The summed E-state index contributed by atoms with van der Waals surface area (Å²) in [7, 11) is 0. The molecule has 0 saturated carbocycles. The number of rotatable bonds is 1. The summed E-state index contributed by atoms with van der Waals surface area (Å²) >= 11 is 0. The Labute approximate surface area is 96.2 Å². The van der Waals surface area contributed by atoms with Gasteiger partial charge in [-0.15, -0.1) is 0 Å². The molecule has 16 heavy (non-hydrogen) atoms. The molecular weight excluding hydrogens is 198 g/mol. The van der Waals surface area contributed by atoms with Crippen LogP contribution in [0.1, 0.15) is 32.2 Å². The lowest BCUT2D eigenvalue weighted by atomic mass is 9.93. The van der Waals surface area contributed by atoms with E-state index >= 15 is 0 Å². The van der Waals surface area contributed by atoms with E-state index in [4.69, 9.17) is 0 Å². The van der Waals surface area contributed by atoms with Crippen molar-refractivity contribution in [1.29, 1.82) is 0 Å². The van der Waals surface area contributed by atoms with Crippen LogP contribution in [0.25, 0.3) is 5.82 Å². The second-order valence-electron chi connectivity index (χ2n) is 5.05. The van der Waals surface area contributed by atoms with Crippen LogP contribution in [0.3, 0.4) is 0 Å². The molecule has 0 unspecified atom stereocenters. The van der Waals surface area contributed by atoms with Crippen LogP contribution >= 0.6 is 0 Å². The summed E-state index contributed by atoms with van der Waals surface area (Å²) in [6.07, 6.45) is 3.87. The van der Waals surface area contributed by atoms with Gasteiger partial charge in [0.2, 0.25) is 0 Å². The lowest BCUT2D eigenvalue weighted by molar-refractivity contribution is 0.572. The first-order chi connectivity index (χ1) is 7.47. The van der Waals surface area contributed by atoms with Crippen molar-refractivity contribution in [3.63, 3.8) is 0 Å². The highest BCUT2D eigenvalue weighted by Gasteiger charge is 2.16. The molecule has 0 spiro atoms. The molecule has 0 saturated heterocycles. The second kappa shape index (κ2) is 3.74. The summed E-state index contributed by atoms with van der Waals surface area (Å²) in [5, 5.41) is 0. The van der Waals surface area contributed by atoms with Gasteiger partial charge in [0.05, 0.1) is 5.69 Å². The first kappa shape index (κ1) is 10.9. The quantitative estimate of drug-likeness (QED) is 0.732. The molecule has 3 heteroatoms. The molecule has 2 heterocycles. The minimum atomic E-state index is 0.0784. The summed E-state index contributed by atoms with van der Waals surface area (Å²) in [6, 6.07) is 5.99. The average Bonchev–Trinajstić information content (AvgIpc) is 2.65. The number of nitrogens with zero attached hydrogens (tertiary/aromatic N) is 3. The van der Waals surface area contributed by atoms with Crippen LogP contribution in [-0.2, 0) is 5.41 Å². The summed E-state index contributed by atoms with van der Waals surface area (Å²) in [4.78, 5) is 8.88. The van der Waals surface area contributed by atoms with Gasteiger partial charge in [0.15, 0.2) is 0 Å². The van der Waals surface area contributed by atoms with Crippen molar-refractivity contribution in [2.45, 2.75) is 33.1 Å². The highest BCUT2D eigenvalue weighted by molar-refractivity contribution is 5.26.